The van der Waals surface area contributed by atoms with Gasteiger partial charge in [-0.3, -0.25) is 4.90 Å². The van der Waals surface area contributed by atoms with E-state index >= 15 is 0 Å². The van der Waals surface area contributed by atoms with Crippen LogP contribution in [0.2, 0.25) is 0 Å². The lowest BCUT2D eigenvalue weighted by Gasteiger charge is -2.38. The molecule has 1 atom stereocenters. The monoisotopic (exact) mass is 399 g/mol. The van der Waals surface area contributed by atoms with Gasteiger partial charge in [-0.05, 0) is 43.5 Å². The summed E-state index contributed by atoms with van der Waals surface area (Å²) in [5.74, 6) is 0. The molecule has 3 aliphatic rings. The van der Waals surface area contributed by atoms with Crippen LogP contribution >= 0.6 is 0 Å². The van der Waals surface area contributed by atoms with Crippen molar-refractivity contribution in [3.05, 3.63) is 29.3 Å². The normalized spacial score (nSPS) is 22.3. The molecule has 6 heteroatoms. The first-order valence-corrected chi connectivity index (χ1v) is 11.4. The summed E-state index contributed by atoms with van der Waals surface area (Å²) >= 11 is 0. The average Bonchev–Trinajstić information content (AvgIpc) is 3.10. The number of benzene rings is 1. The van der Waals surface area contributed by atoms with Crippen LogP contribution in [0, 0.1) is 0 Å². The fourth-order valence-electron chi connectivity index (χ4n) is 5.06. The van der Waals surface area contributed by atoms with Crippen molar-refractivity contribution in [2.45, 2.75) is 50.6 Å². The Morgan fingerprint density at radius 3 is 2.59 bits per heavy atom. The van der Waals surface area contributed by atoms with Gasteiger partial charge < -0.3 is 20.4 Å². The Labute approximate surface area is 175 Å². The van der Waals surface area contributed by atoms with E-state index in [9.17, 15) is 4.79 Å². The second kappa shape index (κ2) is 9.35. The average molecular weight is 400 g/mol. The molecule has 2 amide bonds. The molecule has 2 heterocycles. The summed E-state index contributed by atoms with van der Waals surface area (Å²) in [6.07, 6.45) is 7.13. The third-order valence-corrected chi connectivity index (χ3v) is 6.99. The first kappa shape index (κ1) is 20.5. The first-order chi connectivity index (χ1) is 14.1. The number of hydrogen-bond acceptors (Lipinski definition) is 4. The van der Waals surface area contributed by atoms with E-state index in [0.717, 1.165) is 52.0 Å². The zero-order valence-electron chi connectivity index (χ0n) is 18.1. The van der Waals surface area contributed by atoms with Gasteiger partial charge in [-0.2, -0.15) is 0 Å². The van der Waals surface area contributed by atoms with Crippen molar-refractivity contribution in [2.75, 3.05) is 58.3 Å². The molecule has 2 fully saturated rings. The Bertz CT molecular complexity index is 695. The van der Waals surface area contributed by atoms with Gasteiger partial charge in [0.1, 0.15) is 0 Å². The molecule has 1 aromatic rings. The standard InChI is InChI=1S/C23H37N5O/c1-26-12-14-28(15-13-26)22(17-24-23(29)25-20-6-4-3-5-7-20)18-8-9-21-19(16-18)10-11-27(21)2/h8-9,16,20,22H,3-7,10-15,17H2,1-2H3,(H2,24,25,29)/t22-/m1/s1. The van der Waals surface area contributed by atoms with Crippen molar-refractivity contribution in [3.63, 3.8) is 0 Å². The molecule has 1 aromatic carbocycles. The molecule has 2 N–H and O–H groups in total. The van der Waals surface area contributed by atoms with Gasteiger partial charge in [-0.15, -0.1) is 0 Å². The van der Waals surface area contributed by atoms with Crippen LogP contribution in [0.3, 0.4) is 0 Å². The molecule has 1 aliphatic carbocycles. The second-order valence-electron chi connectivity index (χ2n) is 9.10. The van der Waals surface area contributed by atoms with Crippen molar-refractivity contribution >= 4 is 11.7 Å². The minimum Gasteiger partial charge on any atom is -0.374 e. The summed E-state index contributed by atoms with van der Waals surface area (Å²) in [5.41, 5.74) is 4.13. The van der Waals surface area contributed by atoms with Crippen LogP contribution in [0.4, 0.5) is 10.5 Å². The van der Waals surface area contributed by atoms with Crippen LogP contribution in [0.15, 0.2) is 18.2 Å². The molecule has 0 aromatic heterocycles. The van der Waals surface area contributed by atoms with Gasteiger partial charge in [-0.1, -0.05) is 31.4 Å². The molecule has 0 spiro atoms. The molecule has 0 unspecified atom stereocenters. The summed E-state index contributed by atoms with van der Waals surface area (Å²) in [7, 11) is 4.36. The van der Waals surface area contributed by atoms with Crippen molar-refractivity contribution in [1.29, 1.82) is 0 Å². The van der Waals surface area contributed by atoms with Crippen LogP contribution in [0.25, 0.3) is 0 Å². The molecule has 2 aliphatic heterocycles. The van der Waals surface area contributed by atoms with Gasteiger partial charge in [0.05, 0.1) is 6.04 Å². The van der Waals surface area contributed by atoms with E-state index in [2.05, 4.69) is 57.6 Å². The Balaban J connectivity index is 1.43. The second-order valence-corrected chi connectivity index (χ2v) is 9.10. The van der Waals surface area contributed by atoms with Gasteiger partial charge in [0, 0.05) is 58.0 Å². The van der Waals surface area contributed by atoms with E-state index in [1.165, 1.54) is 36.1 Å². The van der Waals surface area contributed by atoms with Crippen molar-refractivity contribution < 1.29 is 4.79 Å². The summed E-state index contributed by atoms with van der Waals surface area (Å²) < 4.78 is 0. The number of urea groups is 1. The van der Waals surface area contributed by atoms with Gasteiger partial charge in [0.15, 0.2) is 0 Å². The Kier molecular flexibility index (Phi) is 6.60. The highest BCUT2D eigenvalue weighted by atomic mass is 16.2. The van der Waals surface area contributed by atoms with E-state index in [1.54, 1.807) is 0 Å². The summed E-state index contributed by atoms with van der Waals surface area (Å²) in [6, 6.07) is 7.49. The lowest BCUT2D eigenvalue weighted by molar-refractivity contribution is 0.111. The Morgan fingerprint density at radius 2 is 1.83 bits per heavy atom. The highest BCUT2D eigenvalue weighted by Gasteiger charge is 2.26. The number of rotatable bonds is 5. The molecule has 0 radical (unpaired) electrons. The quantitative estimate of drug-likeness (QED) is 0.799. The fraction of sp³-hybridized carbons (Fsp3) is 0.696. The Morgan fingerprint density at radius 1 is 1.07 bits per heavy atom. The molecule has 4 rings (SSSR count). The van der Waals surface area contributed by atoms with Gasteiger partial charge in [-0.25, -0.2) is 4.79 Å². The third-order valence-electron chi connectivity index (χ3n) is 6.99. The van der Waals surface area contributed by atoms with E-state index in [-0.39, 0.29) is 12.1 Å². The van der Waals surface area contributed by atoms with Gasteiger partial charge in [0.2, 0.25) is 0 Å². The lowest BCUT2D eigenvalue weighted by atomic mass is 9.96. The zero-order valence-corrected chi connectivity index (χ0v) is 18.1. The number of likely N-dealkylation sites (N-methyl/N-ethyl adjacent to an activating group) is 2. The predicted molar refractivity (Wildman–Crippen MR) is 119 cm³/mol. The maximum Gasteiger partial charge on any atom is 0.315 e. The largest absolute Gasteiger partial charge is 0.374 e. The van der Waals surface area contributed by atoms with Crippen LogP contribution in [0.5, 0.6) is 0 Å². The number of anilines is 1. The van der Waals surface area contributed by atoms with E-state index in [0.29, 0.717) is 12.6 Å². The lowest BCUT2D eigenvalue weighted by Crippen LogP contribution is -2.50. The molecular weight excluding hydrogens is 362 g/mol. The van der Waals surface area contributed by atoms with Crippen LogP contribution in [-0.2, 0) is 6.42 Å². The highest BCUT2D eigenvalue weighted by Crippen LogP contribution is 2.31. The zero-order chi connectivity index (χ0) is 20.2. The van der Waals surface area contributed by atoms with Crippen LogP contribution < -0.4 is 15.5 Å². The van der Waals surface area contributed by atoms with Crippen molar-refractivity contribution in [3.8, 4) is 0 Å². The molecule has 6 nitrogen and oxygen atoms in total. The summed E-state index contributed by atoms with van der Waals surface area (Å²) in [5, 5.41) is 6.40. The molecule has 1 saturated heterocycles. The first-order valence-electron chi connectivity index (χ1n) is 11.4. The van der Waals surface area contributed by atoms with Gasteiger partial charge in [0.25, 0.3) is 0 Å². The minimum absolute atomic E-state index is 0.00285. The van der Waals surface area contributed by atoms with Crippen molar-refractivity contribution in [2.24, 2.45) is 0 Å². The SMILES string of the molecule is CN1CCN([C@H](CNC(=O)NC2CCCCC2)c2ccc3c(c2)CCN3C)CC1. The minimum atomic E-state index is -0.00285. The maximum absolute atomic E-state index is 12.6. The summed E-state index contributed by atoms with van der Waals surface area (Å²) in [6.45, 7) is 6.02. The summed E-state index contributed by atoms with van der Waals surface area (Å²) in [4.78, 5) is 19.8. The number of nitrogens with zero attached hydrogens (tertiary/aromatic N) is 3. The topological polar surface area (TPSA) is 50.9 Å². The van der Waals surface area contributed by atoms with E-state index < -0.39 is 0 Å². The van der Waals surface area contributed by atoms with E-state index in [4.69, 9.17) is 0 Å². The number of carbonyl (C=O) groups is 1. The fourth-order valence-corrected chi connectivity index (χ4v) is 5.06. The Hall–Kier alpha value is -1.79. The molecular formula is C23H37N5O. The molecule has 1 saturated carbocycles. The number of amides is 2. The van der Waals surface area contributed by atoms with Crippen LogP contribution in [0.1, 0.15) is 49.3 Å². The third kappa shape index (κ3) is 5.04. The number of carbonyl (C=O) groups excluding carboxylic acids is 1. The molecule has 160 valence electrons. The maximum atomic E-state index is 12.6. The smallest absolute Gasteiger partial charge is 0.315 e. The van der Waals surface area contributed by atoms with Crippen LogP contribution in [-0.4, -0.2) is 75.2 Å². The van der Waals surface area contributed by atoms with Gasteiger partial charge >= 0.3 is 6.03 Å². The number of fused-ring (bicyclic) bond motifs is 1. The van der Waals surface area contributed by atoms with E-state index in [1.807, 2.05) is 0 Å². The molecule has 0 bridgehead atoms. The highest BCUT2D eigenvalue weighted by molar-refractivity contribution is 5.74. The number of piperazine rings is 1. The van der Waals surface area contributed by atoms with Crippen molar-refractivity contribution in [1.82, 2.24) is 20.4 Å². The number of hydrogen-bond donors (Lipinski definition) is 2. The predicted octanol–water partition coefficient (Wildman–Crippen LogP) is 2.60. The molecule has 29 heavy (non-hydrogen) atoms. The number of nitrogens with one attached hydrogen (secondary N) is 2.